The van der Waals surface area contributed by atoms with E-state index in [4.69, 9.17) is 0 Å². The highest BCUT2D eigenvalue weighted by Crippen LogP contribution is 2.35. The minimum Gasteiger partial charge on any atom is -0.504 e. The van der Waals surface area contributed by atoms with Crippen LogP contribution in [0.5, 0.6) is 11.5 Å². The summed E-state index contributed by atoms with van der Waals surface area (Å²) in [5.41, 5.74) is 2.12. The van der Waals surface area contributed by atoms with E-state index in [1.807, 2.05) is 0 Å². The van der Waals surface area contributed by atoms with Crippen LogP contribution in [0.15, 0.2) is 12.1 Å². The Balaban J connectivity index is 1.87. The number of nitrogens with one attached hydrogen (secondary N) is 1. The van der Waals surface area contributed by atoms with Crippen LogP contribution in [-0.2, 0) is 11.2 Å². The number of phenolic OH excluding ortho intramolecular Hbond substituents is 2. The average Bonchev–Trinajstić information content (AvgIpc) is 2.41. The molecule has 1 saturated heterocycles. The molecule has 1 aromatic carbocycles. The molecule has 0 amide bonds. The van der Waals surface area contributed by atoms with E-state index in [2.05, 4.69) is 13.8 Å². The van der Waals surface area contributed by atoms with Gasteiger partial charge in [0.2, 0.25) is 0 Å². The minimum absolute atomic E-state index is 0.0583. The maximum atomic E-state index is 12.4. The SMILES string of the molecule is CC(C)CC1C[NH+]2CCc3cc(O)c(O)cc3C2CC1=O. The van der Waals surface area contributed by atoms with E-state index in [0.717, 1.165) is 37.1 Å². The smallest absolute Gasteiger partial charge is 0.157 e. The number of phenols is 2. The van der Waals surface area contributed by atoms with Gasteiger partial charge in [0.1, 0.15) is 11.8 Å². The average molecular weight is 290 g/mol. The van der Waals surface area contributed by atoms with Crippen LogP contribution in [0.1, 0.15) is 43.9 Å². The summed E-state index contributed by atoms with van der Waals surface area (Å²) >= 11 is 0. The maximum absolute atomic E-state index is 12.4. The van der Waals surface area contributed by atoms with Crippen molar-refractivity contribution >= 4 is 5.78 Å². The quantitative estimate of drug-likeness (QED) is 0.718. The summed E-state index contributed by atoms with van der Waals surface area (Å²) in [7, 11) is 0. The number of piperidine rings is 1. The van der Waals surface area contributed by atoms with Crippen molar-refractivity contribution in [1.29, 1.82) is 0 Å². The van der Waals surface area contributed by atoms with Crippen molar-refractivity contribution in [2.24, 2.45) is 11.8 Å². The van der Waals surface area contributed by atoms with Crippen molar-refractivity contribution in [3.63, 3.8) is 0 Å². The molecule has 0 saturated carbocycles. The van der Waals surface area contributed by atoms with Crippen LogP contribution in [0.3, 0.4) is 0 Å². The first-order chi connectivity index (χ1) is 9.95. The Hall–Kier alpha value is -1.55. The van der Waals surface area contributed by atoms with Crippen LogP contribution in [0.4, 0.5) is 0 Å². The topological polar surface area (TPSA) is 62.0 Å². The lowest BCUT2D eigenvalue weighted by molar-refractivity contribution is -0.938. The molecule has 4 nitrogen and oxygen atoms in total. The van der Waals surface area contributed by atoms with Gasteiger partial charge < -0.3 is 15.1 Å². The molecular weight excluding hydrogens is 266 g/mol. The molecule has 4 heteroatoms. The highest BCUT2D eigenvalue weighted by atomic mass is 16.3. The van der Waals surface area contributed by atoms with Gasteiger partial charge in [0, 0.05) is 12.0 Å². The summed E-state index contributed by atoms with van der Waals surface area (Å²) in [5.74, 6) is 0.957. The molecule has 2 aliphatic rings. The van der Waals surface area contributed by atoms with Gasteiger partial charge in [-0.25, -0.2) is 0 Å². The number of benzene rings is 1. The van der Waals surface area contributed by atoms with Gasteiger partial charge in [-0.05, 0) is 30.0 Å². The third-order valence-corrected chi connectivity index (χ3v) is 4.95. The Labute approximate surface area is 125 Å². The number of carbonyl (C=O) groups is 1. The van der Waals surface area contributed by atoms with E-state index >= 15 is 0 Å². The fourth-order valence-corrected chi connectivity index (χ4v) is 3.95. The van der Waals surface area contributed by atoms with Crippen LogP contribution < -0.4 is 4.90 Å². The molecule has 3 rings (SSSR count). The predicted octanol–water partition coefficient (Wildman–Crippen LogP) is 1.21. The number of quaternary nitrogens is 1. The van der Waals surface area contributed by atoms with Gasteiger partial charge in [-0.1, -0.05) is 13.8 Å². The molecule has 3 atom stereocenters. The molecule has 3 unspecified atom stereocenters. The maximum Gasteiger partial charge on any atom is 0.157 e. The van der Waals surface area contributed by atoms with E-state index < -0.39 is 0 Å². The zero-order valence-corrected chi connectivity index (χ0v) is 12.7. The van der Waals surface area contributed by atoms with Crippen LogP contribution in [0.2, 0.25) is 0 Å². The van der Waals surface area contributed by atoms with Gasteiger partial charge in [0.25, 0.3) is 0 Å². The first-order valence-electron chi connectivity index (χ1n) is 7.87. The Morgan fingerprint density at radius 3 is 2.71 bits per heavy atom. The summed E-state index contributed by atoms with van der Waals surface area (Å²) in [6.07, 6.45) is 2.43. The molecule has 0 spiro atoms. The monoisotopic (exact) mass is 290 g/mol. The molecular formula is C17H24NO3+. The highest BCUT2D eigenvalue weighted by Gasteiger charge is 2.41. The molecule has 3 N–H and O–H groups in total. The number of fused-ring (bicyclic) bond motifs is 3. The molecule has 0 bridgehead atoms. The van der Waals surface area contributed by atoms with Crippen LogP contribution in [0.25, 0.3) is 0 Å². The number of aromatic hydroxyl groups is 2. The highest BCUT2D eigenvalue weighted by molar-refractivity contribution is 5.82. The van der Waals surface area contributed by atoms with Crippen LogP contribution in [0, 0.1) is 11.8 Å². The zero-order valence-electron chi connectivity index (χ0n) is 12.7. The Bertz CT molecular complexity index is 567. The molecule has 2 heterocycles. The van der Waals surface area contributed by atoms with E-state index in [1.54, 1.807) is 12.1 Å². The number of carbonyl (C=O) groups excluding carboxylic acids is 1. The fourth-order valence-electron chi connectivity index (χ4n) is 3.95. The van der Waals surface area contributed by atoms with E-state index in [1.165, 1.54) is 4.90 Å². The van der Waals surface area contributed by atoms with Gasteiger partial charge in [-0.3, -0.25) is 4.79 Å². The third-order valence-electron chi connectivity index (χ3n) is 4.95. The number of rotatable bonds is 2. The van der Waals surface area contributed by atoms with Crippen molar-refractivity contribution < 1.29 is 19.9 Å². The lowest BCUT2D eigenvalue weighted by Gasteiger charge is -2.40. The van der Waals surface area contributed by atoms with Crippen molar-refractivity contribution in [3.8, 4) is 11.5 Å². The molecule has 21 heavy (non-hydrogen) atoms. The van der Waals surface area contributed by atoms with Crippen molar-refractivity contribution in [2.75, 3.05) is 13.1 Å². The second kappa shape index (κ2) is 5.34. The summed E-state index contributed by atoms with van der Waals surface area (Å²) in [4.78, 5) is 13.9. The van der Waals surface area contributed by atoms with E-state index in [9.17, 15) is 15.0 Å². The minimum atomic E-state index is -0.0771. The Morgan fingerprint density at radius 1 is 1.29 bits per heavy atom. The molecule has 1 fully saturated rings. The van der Waals surface area contributed by atoms with Crippen molar-refractivity contribution in [3.05, 3.63) is 23.3 Å². The van der Waals surface area contributed by atoms with Crippen LogP contribution >= 0.6 is 0 Å². The van der Waals surface area contributed by atoms with E-state index in [-0.39, 0.29) is 23.5 Å². The lowest BCUT2D eigenvalue weighted by Crippen LogP contribution is -3.15. The van der Waals surface area contributed by atoms with E-state index in [0.29, 0.717) is 18.1 Å². The number of hydrogen-bond acceptors (Lipinski definition) is 3. The van der Waals surface area contributed by atoms with Crippen molar-refractivity contribution in [1.82, 2.24) is 0 Å². The molecule has 114 valence electrons. The van der Waals surface area contributed by atoms with Gasteiger partial charge in [0.15, 0.2) is 11.5 Å². The molecule has 2 aliphatic heterocycles. The van der Waals surface area contributed by atoms with Gasteiger partial charge in [-0.15, -0.1) is 0 Å². The molecule has 0 radical (unpaired) electrons. The number of Topliss-reactive ketones (excluding diaryl/α,β-unsaturated/α-hetero) is 1. The largest absolute Gasteiger partial charge is 0.504 e. The second-order valence-electron chi connectivity index (χ2n) is 6.95. The predicted molar refractivity (Wildman–Crippen MR) is 79.5 cm³/mol. The summed E-state index contributed by atoms with van der Waals surface area (Å²) < 4.78 is 0. The van der Waals surface area contributed by atoms with Crippen molar-refractivity contribution in [2.45, 2.75) is 39.2 Å². The second-order valence-corrected chi connectivity index (χ2v) is 6.95. The first kappa shape index (κ1) is 14.4. The Kier molecular flexibility index (Phi) is 3.66. The van der Waals surface area contributed by atoms with Gasteiger partial charge in [-0.2, -0.15) is 0 Å². The third kappa shape index (κ3) is 2.64. The Morgan fingerprint density at radius 2 is 2.00 bits per heavy atom. The molecule has 0 aliphatic carbocycles. The standard InChI is InChI=1S/C17H23NO3/c1-10(2)5-12-9-18-4-3-11-6-16(20)17(21)7-13(11)14(18)8-15(12)19/h6-7,10,12,14,20-21H,3-5,8-9H2,1-2H3/p+1. The van der Waals surface area contributed by atoms with Gasteiger partial charge in [0.05, 0.1) is 25.4 Å². The summed E-state index contributed by atoms with van der Waals surface area (Å²) in [6, 6.07) is 3.47. The molecule has 0 aromatic heterocycles. The summed E-state index contributed by atoms with van der Waals surface area (Å²) in [6.45, 7) is 6.24. The first-order valence-corrected chi connectivity index (χ1v) is 7.87. The molecule has 1 aromatic rings. The van der Waals surface area contributed by atoms with Crippen LogP contribution in [-0.4, -0.2) is 29.1 Å². The zero-order chi connectivity index (χ0) is 15.1. The summed E-state index contributed by atoms with van der Waals surface area (Å²) in [5, 5.41) is 19.4. The number of ketones is 1. The number of hydrogen-bond donors (Lipinski definition) is 3. The normalized spacial score (nSPS) is 28.3. The van der Waals surface area contributed by atoms with Gasteiger partial charge >= 0.3 is 0 Å². The fraction of sp³-hybridized carbons (Fsp3) is 0.588. The lowest BCUT2D eigenvalue weighted by atomic mass is 9.80.